The summed E-state index contributed by atoms with van der Waals surface area (Å²) in [5, 5.41) is 5.11. The van der Waals surface area contributed by atoms with Crippen LogP contribution in [0.4, 0.5) is 34.1 Å². The van der Waals surface area contributed by atoms with Crippen molar-refractivity contribution in [1.82, 2.24) is 10.2 Å². The number of primary amides is 1. The lowest BCUT2D eigenvalue weighted by molar-refractivity contribution is -0.139. The summed E-state index contributed by atoms with van der Waals surface area (Å²) in [6, 6.07) is 0.880. The van der Waals surface area contributed by atoms with E-state index in [1.165, 1.54) is 11.0 Å². The number of halogens is 3. The zero-order chi connectivity index (χ0) is 39.0. The molecule has 2 heterocycles. The van der Waals surface area contributed by atoms with Gasteiger partial charge in [0.1, 0.15) is 24.3 Å². The van der Waals surface area contributed by atoms with Crippen LogP contribution >= 0.6 is 7.60 Å². The number of alkyl halides is 3. The van der Waals surface area contributed by atoms with Gasteiger partial charge in [-0.05, 0) is 94.7 Å². The first kappa shape index (κ1) is 41.3. The number of nitrogens with zero attached hydrogens (tertiary/aromatic N) is 2. The van der Waals surface area contributed by atoms with Gasteiger partial charge < -0.3 is 40.1 Å². The summed E-state index contributed by atoms with van der Waals surface area (Å²) in [5.41, 5.74) is 4.46. The van der Waals surface area contributed by atoms with E-state index in [9.17, 15) is 46.7 Å². The van der Waals surface area contributed by atoms with Gasteiger partial charge in [0.2, 0.25) is 11.8 Å². The minimum absolute atomic E-state index is 0.0764. The number of piperidine rings is 1. The molecule has 300 valence electrons. The number of allylic oxidation sites excluding steroid dienone is 2. The first-order chi connectivity index (χ1) is 25.6. The molecule has 5 rings (SSSR count). The van der Waals surface area contributed by atoms with Gasteiger partial charge in [0.15, 0.2) is 0 Å². The third-order valence-corrected chi connectivity index (χ3v) is 12.0. The van der Waals surface area contributed by atoms with Gasteiger partial charge in [-0.25, -0.2) is 9.59 Å². The summed E-state index contributed by atoms with van der Waals surface area (Å²) in [4.78, 5) is 74.2. The molecule has 1 aromatic carbocycles. The van der Waals surface area contributed by atoms with Crippen molar-refractivity contribution in [2.24, 2.45) is 11.7 Å². The van der Waals surface area contributed by atoms with Gasteiger partial charge >= 0.3 is 26.0 Å². The van der Waals surface area contributed by atoms with Crippen molar-refractivity contribution in [3.05, 3.63) is 35.9 Å². The summed E-state index contributed by atoms with van der Waals surface area (Å²) in [7, 11) is -4.07. The molecule has 0 spiro atoms. The molecule has 2 aliphatic carbocycles. The van der Waals surface area contributed by atoms with Crippen LogP contribution in [0.15, 0.2) is 30.4 Å². The van der Waals surface area contributed by atoms with Crippen LogP contribution in [0, 0.1) is 5.92 Å². The molecule has 6 N–H and O–H groups in total. The highest BCUT2D eigenvalue weighted by atomic mass is 31.2. The zero-order valence-electron chi connectivity index (χ0n) is 30.2. The van der Waals surface area contributed by atoms with E-state index in [0.29, 0.717) is 57.3 Å². The zero-order valence-corrected chi connectivity index (χ0v) is 31.1. The van der Waals surface area contributed by atoms with E-state index in [1.54, 1.807) is 0 Å². The second kappa shape index (κ2) is 18.2. The predicted molar refractivity (Wildman–Crippen MR) is 193 cm³/mol. The fourth-order valence-electron chi connectivity index (χ4n) is 7.55. The molecule has 0 aromatic heterocycles. The number of alkyl carbamates (subject to hydrolysis) is 1. The van der Waals surface area contributed by atoms with Crippen LogP contribution in [0.3, 0.4) is 0 Å². The second-order valence-electron chi connectivity index (χ2n) is 14.7. The molecule has 0 radical (unpaired) electrons. The number of rotatable bonds is 15. The molecule has 2 saturated heterocycles. The monoisotopic (exact) mass is 785 g/mol. The molecule has 18 heteroatoms. The van der Waals surface area contributed by atoms with Gasteiger partial charge in [0, 0.05) is 19.5 Å². The van der Waals surface area contributed by atoms with Gasteiger partial charge in [-0.15, -0.1) is 0 Å². The first-order valence-electron chi connectivity index (χ1n) is 18.8. The number of hydrogen-bond acceptors (Lipinski definition) is 8. The molecule has 2 aliphatic heterocycles. The van der Waals surface area contributed by atoms with E-state index >= 15 is 0 Å². The topological polar surface area (TPSA) is 201 Å². The van der Waals surface area contributed by atoms with E-state index < -0.39 is 67.2 Å². The van der Waals surface area contributed by atoms with Crippen molar-refractivity contribution >= 4 is 43.0 Å². The number of amides is 4. The van der Waals surface area contributed by atoms with Gasteiger partial charge in [-0.1, -0.05) is 25.0 Å². The number of ether oxygens (including phenoxy) is 2. The fourth-order valence-corrected chi connectivity index (χ4v) is 8.67. The number of carbonyl (C=O) groups excluding carboxylic acids is 4. The van der Waals surface area contributed by atoms with Crippen LogP contribution < -0.4 is 21.3 Å². The fraction of sp³-hybridized carbons (Fsp3) is 0.667. The van der Waals surface area contributed by atoms with Crippen LogP contribution in [0.1, 0.15) is 95.5 Å². The van der Waals surface area contributed by atoms with Crippen LogP contribution in [0.5, 0.6) is 0 Å². The van der Waals surface area contributed by atoms with Crippen LogP contribution in [0.25, 0.3) is 0 Å². The Labute approximate surface area is 312 Å². The molecule has 14 nitrogen and oxygen atoms in total. The Bertz CT molecular complexity index is 1580. The van der Waals surface area contributed by atoms with Crippen molar-refractivity contribution in [2.45, 2.75) is 126 Å². The quantitative estimate of drug-likeness (QED) is 0.0821. The molecule has 54 heavy (non-hydrogen) atoms. The summed E-state index contributed by atoms with van der Waals surface area (Å²) in [5.74, 6) is -1.59. The second-order valence-corrected chi connectivity index (χ2v) is 16.5. The normalized spacial score (nSPS) is 24.0. The Morgan fingerprint density at radius 3 is 2.31 bits per heavy atom. The molecule has 1 aromatic rings. The number of hydrogen-bond donors (Lipinski definition) is 5. The number of carbonyl (C=O) groups is 4. The highest BCUT2D eigenvalue weighted by molar-refractivity contribution is 7.53. The largest absolute Gasteiger partial charge is 0.446 e. The molecule has 0 unspecified atom stereocenters. The van der Waals surface area contributed by atoms with Crippen LogP contribution in [-0.2, 0) is 29.8 Å². The van der Waals surface area contributed by atoms with Crippen molar-refractivity contribution in [3.63, 3.8) is 0 Å². The summed E-state index contributed by atoms with van der Waals surface area (Å²) >= 11 is 0. The minimum atomic E-state index is -4.65. The van der Waals surface area contributed by atoms with E-state index in [-0.39, 0.29) is 37.1 Å². The minimum Gasteiger partial charge on any atom is -0.446 e. The van der Waals surface area contributed by atoms with Crippen molar-refractivity contribution in [1.29, 1.82) is 0 Å². The average Bonchev–Trinajstić information content (AvgIpc) is 3.50. The van der Waals surface area contributed by atoms with Crippen LogP contribution in [-0.4, -0.2) is 88.3 Å². The Morgan fingerprint density at radius 1 is 0.963 bits per heavy atom. The molecule has 0 bridgehead atoms. The third-order valence-electron chi connectivity index (χ3n) is 10.6. The molecule has 5 atom stereocenters. The first-order valence-corrected chi connectivity index (χ1v) is 20.5. The van der Waals surface area contributed by atoms with Crippen LogP contribution in [0.2, 0.25) is 0 Å². The van der Waals surface area contributed by atoms with Gasteiger partial charge in [0.25, 0.3) is 0 Å². The van der Waals surface area contributed by atoms with Gasteiger partial charge in [0.05, 0.1) is 29.1 Å². The molecule has 4 fully saturated rings. The number of anilines is 2. The van der Waals surface area contributed by atoms with Crippen molar-refractivity contribution < 1.29 is 56.2 Å². The Hall–Kier alpha value is -3.82. The number of unbranched alkanes of at least 4 members (excludes halogenated alkanes) is 3. The number of nitrogens with two attached hydrogens (primary N) is 1. The summed E-state index contributed by atoms with van der Waals surface area (Å²) in [6.45, 7) is 0.981. The number of likely N-dealkylation sites (tertiary alicyclic amines) is 1. The third kappa shape index (κ3) is 11.6. The lowest BCUT2D eigenvalue weighted by Crippen LogP contribution is -2.53. The smallest absolute Gasteiger partial charge is 0.416 e. The number of nitrogens with one attached hydrogen (secondary N) is 2. The Morgan fingerprint density at radius 2 is 1.67 bits per heavy atom. The molecule has 2 saturated carbocycles. The lowest BCUT2D eigenvalue weighted by atomic mass is 10.0. The van der Waals surface area contributed by atoms with Crippen molar-refractivity contribution in [2.75, 3.05) is 29.9 Å². The highest BCUT2D eigenvalue weighted by Crippen LogP contribution is 2.58. The molecule has 4 amide bonds. The summed E-state index contributed by atoms with van der Waals surface area (Å²) in [6.07, 6.45) is 4.99. The molecular formula is C36H51F3N5O9P. The SMILES string of the molecule is NC(=O)[C@@H]1C[C@@H](OC(=O)Nc2cc(C(F)(F)F)ccc2N2CCCCC2)CN1C(=O)[C@H](CCCCC/C=C\[C@@H]1C[C@@H]1P(=O)(O)O)NC(=O)OC1CCCC1. The standard InChI is InChI=1S/C36H51F3N5O9P/c37-36(38,39)24-15-16-29(43-17-9-4-10-18-43)28(20-24)42-35(48)53-26-21-30(32(40)45)44(22-26)33(46)27(41-34(47)52-25-12-7-8-13-25)14-6-3-1-2-5-11-23-19-31(23)54(49,50)51/h5,11,15-16,20,23,25-27,30-31H,1-4,6-10,12-14,17-19,21-22H2,(H2,40,45)(H,41,47)(H,42,48)(H2,49,50,51)/b11-5-/t23-,26-,27+,30+,31+/m1/s1. The predicted octanol–water partition coefficient (Wildman–Crippen LogP) is 5.81. The van der Waals surface area contributed by atoms with E-state index in [2.05, 4.69) is 10.6 Å². The van der Waals surface area contributed by atoms with E-state index in [1.807, 2.05) is 17.1 Å². The van der Waals surface area contributed by atoms with Gasteiger partial charge in [-0.2, -0.15) is 13.2 Å². The number of benzene rings is 1. The average molecular weight is 786 g/mol. The maximum Gasteiger partial charge on any atom is 0.416 e. The van der Waals surface area contributed by atoms with Crippen molar-refractivity contribution in [3.8, 4) is 0 Å². The molecular weight excluding hydrogens is 734 g/mol. The summed E-state index contributed by atoms with van der Waals surface area (Å²) < 4.78 is 63.3. The van der Waals surface area contributed by atoms with E-state index in [4.69, 9.17) is 15.2 Å². The Balaban J connectivity index is 1.20. The lowest BCUT2D eigenvalue weighted by Gasteiger charge is -2.31. The maximum atomic E-state index is 14.0. The van der Waals surface area contributed by atoms with Gasteiger partial charge in [-0.3, -0.25) is 19.5 Å². The van der Waals surface area contributed by atoms with E-state index in [0.717, 1.165) is 50.7 Å². The Kier molecular flexibility index (Phi) is 13.9. The maximum absolute atomic E-state index is 14.0. The molecule has 4 aliphatic rings. The highest BCUT2D eigenvalue weighted by Gasteiger charge is 2.48.